The van der Waals surface area contributed by atoms with E-state index in [1.54, 1.807) is 18.3 Å². The Labute approximate surface area is 167 Å². The molecule has 1 amide bonds. The van der Waals surface area contributed by atoms with Gasteiger partial charge in [-0.3, -0.25) is 9.78 Å². The van der Waals surface area contributed by atoms with E-state index < -0.39 is 15.9 Å². The van der Waals surface area contributed by atoms with Gasteiger partial charge in [-0.2, -0.15) is 0 Å². The number of pyridine rings is 1. The third-order valence-electron chi connectivity index (χ3n) is 2.77. The van der Waals surface area contributed by atoms with E-state index in [1.165, 1.54) is 37.6 Å². The zero-order valence-electron chi connectivity index (χ0n) is 13.1. The molecule has 0 unspecified atom stereocenters. The van der Waals surface area contributed by atoms with Crippen LogP contribution in [0.1, 0.15) is 15.9 Å². The maximum atomic E-state index is 12.1. The second kappa shape index (κ2) is 9.19. The van der Waals surface area contributed by atoms with Crippen LogP contribution in [0.5, 0.6) is 5.75 Å². The molecule has 9 heteroatoms. The maximum Gasteiger partial charge on any atom is 0.268 e. The number of ether oxygens (including phenoxy) is 1. The van der Waals surface area contributed by atoms with Crippen LogP contribution in [0, 0.1) is 0 Å². The Bertz CT molecular complexity index is 842. The number of rotatable bonds is 5. The number of hydrogen-bond donors (Lipinski definition) is 1. The fourth-order valence-corrected chi connectivity index (χ4v) is 2.65. The fourth-order valence-electron chi connectivity index (χ4n) is 1.71. The monoisotopic (exact) mass is 375 g/mol. The molecule has 0 saturated heterocycles. The summed E-state index contributed by atoms with van der Waals surface area (Å²) in [4.78, 5) is 16.0. The molecule has 1 N–H and O–H groups in total. The molecule has 2 rings (SSSR count). The maximum absolute atomic E-state index is 12.1. The van der Waals surface area contributed by atoms with E-state index >= 15 is 0 Å². The average Bonchev–Trinajstić information content (AvgIpc) is 2.53. The van der Waals surface area contributed by atoms with Crippen molar-refractivity contribution in [1.29, 1.82) is 0 Å². The SMILES string of the molecule is COc1cc(Cl)ccc1C(=O)NS(=O)(=O)/C=C/c1cccnc1.[Na]. The zero-order valence-corrected chi connectivity index (χ0v) is 16.6. The van der Waals surface area contributed by atoms with Crippen molar-refractivity contribution in [2.75, 3.05) is 7.11 Å². The number of nitrogens with zero attached hydrogens (tertiary/aromatic N) is 1. The minimum absolute atomic E-state index is 0. The third-order valence-corrected chi connectivity index (χ3v) is 3.97. The first-order valence-corrected chi connectivity index (χ1v) is 8.32. The van der Waals surface area contributed by atoms with Crippen LogP contribution in [0.2, 0.25) is 5.02 Å². The van der Waals surface area contributed by atoms with Crippen LogP contribution in [0.4, 0.5) is 0 Å². The number of aromatic nitrogens is 1. The van der Waals surface area contributed by atoms with Gasteiger partial charge in [0.15, 0.2) is 0 Å². The first-order chi connectivity index (χ1) is 10.9. The molecule has 2 aromatic rings. The molecule has 0 fully saturated rings. The topological polar surface area (TPSA) is 85.4 Å². The van der Waals surface area contributed by atoms with Crippen molar-refractivity contribution >= 4 is 63.2 Å². The van der Waals surface area contributed by atoms with E-state index in [1.807, 2.05) is 4.72 Å². The Morgan fingerprint density at radius 3 is 2.71 bits per heavy atom. The van der Waals surface area contributed by atoms with Gasteiger partial charge in [-0.05, 0) is 35.9 Å². The van der Waals surface area contributed by atoms with Crippen molar-refractivity contribution in [3.8, 4) is 5.75 Å². The molecular weight excluding hydrogens is 363 g/mol. The number of nitrogens with one attached hydrogen (secondary N) is 1. The number of halogens is 1. The molecule has 121 valence electrons. The largest absolute Gasteiger partial charge is 0.496 e. The summed E-state index contributed by atoms with van der Waals surface area (Å²) in [5, 5.41) is 1.27. The second-order valence-electron chi connectivity index (χ2n) is 4.41. The van der Waals surface area contributed by atoms with E-state index in [-0.39, 0.29) is 40.9 Å². The van der Waals surface area contributed by atoms with Crippen molar-refractivity contribution in [1.82, 2.24) is 9.71 Å². The number of methoxy groups -OCH3 is 1. The molecule has 0 aliphatic heterocycles. The van der Waals surface area contributed by atoms with E-state index in [9.17, 15) is 13.2 Å². The Hall–Kier alpha value is -1.38. The quantitative estimate of drug-likeness (QED) is 0.809. The number of hydrogen-bond acceptors (Lipinski definition) is 5. The van der Waals surface area contributed by atoms with Crippen LogP contribution in [0.3, 0.4) is 0 Å². The number of sulfonamides is 1. The summed E-state index contributed by atoms with van der Waals surface area (Å²) in [5.74, 6) is -0.629. The van der Waals surface area contributed by atoms with Gasteiger partial charge in [-0.25, -0.2) is 13.1 Å². The van der Waals surface area contributed by atoms with Gasteiger partial charge in [-0.1, -0.05) is 17.7 Å². The standard InChI is InChI=1S/C15H13ClN2O4S.Na/c1-22-14-9-12(16)4-5-13(14)15(19)18-23(20,21)8-6-11-3-2-7-17-10-11;/h2-10H,1H3,(H,18,19);/b8-6+;. The number of carbonyl (C=O) groups is 1. The first kappa shape index (κ1) is 20.7. The molecule has 1 aromatic carbocycles. The van der Waals surface area contributed by atoms with Crippen molar-refractivity contribution in [2.45, 2.75) is 0 Å². The molecule has 0 atom stereocenters. The van der Waals surface area contributed by atoms with Crippen LogP contribution in [0.25, 0.3) is 6.08 Å². The summed E-state index contributed by atoms with van der Waals surface area (Å²) in [7, 11) is -2.60. The van der Waals surface area contributed by atoms with Crippen LogP contribution in [-0.2, 0) is 10.0 Å². The summed E-state index contributed by atoms with van der Waals surface area (Å²) >= 11 is 5.80. The molecule has 1 aromatic heterocycles. The minimum Gasteiger partial charge on any atom is -0.496 e. The van der Waals surface area contributed by atoms with Crippen LogP contribution in [0.15, 0.2) is 48.1 Å². The van der Waals surface area contributed by atoms with E-state index in [0.717, 1.165) is 5.41 Å². The van der Waals surface area contributed by atoms with Crippen molar-refractivity contribution in [3.05, 3.63) is 64.3 Å². The van der Waals surface area contributed by atoms with Gasteiger partial charge in [0.25, 0.3) is 15.9 Å². The number of benzene rings is 1. The summed E-state index contributed by atoms with van der Waals surface area (Å²) in [6.07, 6.45) is 4.40. The Balaban J connectivity index is 0.00000288. The Kier molecular flexibility index (Phi) is 7.92. The van der Waals surface area contributed by atoms with Crippen molar-refractivity contribution in [3.63, 3.8) is 0 Å². The molecule has 24 heavy (non-hydrogen) atoms. The second-order valence-corrected chi connectivity index (χ2v) is 6.41. The number of carbonyl (C=O) groups excluding carboxylic acids is 1. The van der Waals surface area contributed by atoms with Gasteiger partial charge in [-0.15, -0.1) is 0 Å². The Morgan fingerprint density at radius 1 is 1.33 bits per heavy atom. The molecule has 1 heterocycles. The van der Waals surface area contributed by atoms with Crippen molar-refractivity contribution < 1.29 is 17.9 Å². The van der Waals surface area contributed by atoms with Gasteiger partial charge in [0, 0.05) is 47.0 Å². The van der Waals surface area contributed by atoms with Crippen LogP contribution in [-0.4, -0.2) is 56.0 Å². The van der Waals surface area contributed by atoms with E-state index in [0.29, 0.717) is 10.6 Å². The summed E-state index contributed by atoms with van der Waals surface area (Å²) < 4.78 is 30.9. The average molecular weight is 376 g/mol. The number of amides is 1. The van der Waals surface area contributed by atoms with Gasteiger partial charge < -0.3 is 4.74 Å². The normalized spacial score (nSPS) is 10.9. The molecular formula is C15H13ClN2NaO4S. The van der Waals surface area contributed by atoms with Gasteiger partial charge in [0.2, 0.25) is 0 Å². The smallest absolute Gasteiger partial charge is 0.268 e. The fraction of sp³-hybridized carbons (Fsp3) is 0.0667. The summed E-state index contributed by atoms with van der Waals surface area (Å²) in [6, 6.07) is 7.63. The van der Waals surface area contributed by atoms with Gasteiger partial charge in [0.05, 0.1) is 18.1 Å². The van der Waals surface area contributed by atoms with Crippen molar-refractivity contribution in [2.24, 2.45) is 0 Å². The molecule has 0 aliphatic rings. The predicted molar refractivity (Wildman–Crippen MR) is 93.4 cm³/mol. The molecule has 0 spiro atoms. The zero-order chi connectivity index (χ0) is 16.9. The van der Waals surface area contributed by atoms with Gasteiger partial charge in [0.1, 0.15) is 5.75 Å². The molecule has 0 aliphatic carbocycles. The van der Waals surface area contributed by atoms with E-state index in [4.69, 9.17) is 16.3 Å². The molecule has 1 radical (unpaired) electrons. The first-order valence-electron chi connectivity index (χ1n) is 6.40. The van der Waals surface area contributed by atoms with Crippen LogP contribution < -0.4 is 9.46 Å². The minimum atomic E-state index is -3.96. The molecule has 6 nitrogen and oxygen atoms in total. The van der Waals surface area contributed by atoms with E-state index in [2.05, 4.69) is 4.98 Å². The summed E-state index contributed by atoms with van der Waals surface area (Å²) in [5.41, 5.74) is 0.657. The van der Waals surface area contributed by atoms with Crippen LogP contribution >= 0.6 is 11.6 Å². The molecule has 0 saturated carbocycles. The molecule has 0 bridgehead atoms. The third kappa shape index (κ3) is 5.92. The Morgan fingerprint density at radius 2 is 2.08 bits per heavy atom. The van der Waals surface area contributed by atoms with Gasteiger partial charge >= 0.3 is 0 Å². The summed E-state index contributed by atoms with van der Waals surface area (Å²) in [6.45, 7) is 0. The predicted octanol–water partition coefficient (Wildman–Crippen LogP) is 2.09.